The van der Waals surface area contributed by atoms with Gasteiger partial charge in [-0.1, -0.05) is 6.58 Å². The molecule has 0 spiro atoms. The van der Waals surface area contributed by atoms with Crippen LogP contribution >= 0.6 is 0 Å². The predicted molar refractivity (Wildman–Crippen MR) is 63.4 cm³/mol. The summed E-state index contributed by atoms with van der Waals surface area (Å²) >= 11 is 0. The summed E-state index contributed by atoms with van der Waals surface area (Å²) in [5.74, 6) is 0. The van der Waals surface area contributed by atoms with Gasteiger partial charge in [-0.05, 0) is 33.0 Å². The molecule has 0 aromatic carbocycles. The zero-order valence-corrected chi connectivity index (χ0v) is 10.0. The molecule has 0 bridgehead atoms. The van der Waals surface area contributed by atoms with Crippen LogP contribution in [-0.4, -0.2) is 44.7 Å². The third-order valence-electron chi connectivity index (χ3n) is 2.28. The van der Waals surface area contributed by atoms with E-state index in [0.29, 0.717) is 0 Å². The minimum atomic E-state index is 0.727. The molecule has 14 heavy (non-hydrogen) atoms. The Morgan fingerprint density at radius 2 is 2.07 bits per heavy atom. The summed E-state index contributed by atoms with van der Waals surface area (Å²) in [6.45, 7) is 6.85. The summed E-state index contributed by atoms with van der Waals surface area (Å²) in [5, 5.41) is 6.66. The van der Waals surface area contributed by atoms with Crippen LogP contribution in [0.15, 0.2) is 12.8 Å². The van der Waals surface area contributed by atoms with Gasteiger partial charge in [0.05, 0.1) is 0 Å². The second kappa shape index (κ2) is 7.83. The summed E-state index contributed by atoms with van der Waals surface area (Å²) in [6, 6.07) is 1.47. The molecule has 1 heterocycles. The molecule has 3 heteroatoms. The number of nitrogens with zero attached hydrogens (tertiary/aromatic N) is 1. The molecule has 1 aliphatic heterocycles. The van der Waals surface area contributed by atoms with E-state index in [0.717, 1.165) is 18.6 Å². The van der Waals surface area contributed by atoms with Crippen LogP contribution in [0.3, 0.4) is 0 Å². The van der Waals surface area contributed by atoms with Crippen molar-refractivity contribution in [3.63, 3.8) is 0 Å². The zero-order chi connectivity index (χ0) is 11.0. The fourth-order valence-electron chi connectivity index (χ4n) is 1.43. The highest BCUT2D eigenvalue weighted by atomic mass is 15.0. The molecule has 1 aliphatic rings. The van der Waals surface area contributed by atoms with Crippen molar-refractivity contribution >= 4 is 0 Å². The topological polar surface area (TPSA) is 27.3 Å². The van der Waals surface area contributed by atoms with Crippen molar-refractivity contribution in [2.24, 2.45) is 0 Å². The average molecular weight is 199 g/mol. The van der Waals surface area contributed by atoms with E-state index >= 15 is 0 Å². The first kappa shape index (κ1) is 13.5. The molecular weight excluding hydrogens is 174 g/mol. The lowest BCUT2D eigenvalue weighted by Gasteiger charge is -2.09. The summed E-state index contributed by atoms with van der Waals surface area (Å²) in [5.41, 5.74) is 0. The van der Waals surface area contributed by atoms with Crippen molar-refractivity contribution in [2.75, 3.05) is 27.7 Å². The largest absolute Gasteiger partial charge is 0.384 e. The zero-order valence-electron chi connectivity index (χ0n) is 10.0. The number of rotatable bonds is 3. The predicted octanol–water partition coefficient (Wildman–Crippen LogP) is 1.04. The van der Waals surface area contributed by atoms with Crippen LogP contribution in [0, 0.1) is 0 Å². The fourth-order valence-corrected chi connectivity index (χ4v) is 1.43. The van der Waals surface area contributed by atoms with Crippen LogP contribution in [0.5, 0.6) is 0 Å². The highest BCUT2D eigenvalue weighted by Crippen LogP contribution is 2.09. The first-order chi connectivity index (χ1) is 6.60. The Kier molecular flexibility index (Phi) is 7.52. The van der Waals surface area contributed by atoms with Crippen LogP contribution in [0.4, 0.5) is 0 Å². The summed E-state index contributed by atoms with van der Waals surface area (Å²) in [4.78, 5) is 1.89. The molecule has 0 aromatic heterocycles. The molecule has 0 aromatic rings. The summed E-state index contributed by atoms with van der Waals surface area (Å²) < 4.78 is 0. The summed E-state index contributed by atoms with van der Waals surface area (Å²) in [6.07, 6.45) is 4.42. The van der Waals surface area contributed by atoms with Crippen molar-refractivity contribution in [3.05, 3.63) is 12.8 Å². The Hall–Kier alpha value is -0.540. The van der Waals surface area contributed by atoms with Gasteiger partial charge in [0.15, 0.2) is 0 Å². The van der Waals surface area contributed by atoms with E-state index in [2.05, 4.69) is 24.1 Å². The molecule has 1 fully saturated rings. The van der Waals surface area contributed by atoms with Crippen LogP contribution in [0.25, 0.3) is 0 Å². The Bertz CT molecular complexity index is 143. The van der Waals surface area contributed by atoms with E-state index in [4.69, 9.17) is 0 Å². The molecule has 0 radical (unpaired) electrons. The first-order valence-electron chi connectivity index (χ1n) is 5.29. The van der Waals surface area contributed by atoms with E-state index in [1.165, 1.54) is 12.8 Å². The number of nitrogens with one attached hydrogen (secondary N) is 2. The molecule has 2 unspecified atom stereocenters. The van der Waals surface area contributed by atoms with Crippen LogP contribution in [0.1, 0.15) is 19.8 Å². The van der Waals surface area contributed by atoms with Crippen molar-refractivity contribution < 1.29 is 0 Å². The van der Waals surface area contributed by atoms with Gasteiger partial charge in [0.2, 0.25) is 0 Å². The van der Waals surface area contributed by atoms with Gasteiger partial charge in [0.25, 0.3) is 0 Å². The minimum absolute atomic E-state index is 0.727. The van der Waals surface area contributed by atoms with Gasteiger partial charge >= 0.3 is 0 Å². The molecule has 1 saturated heterocycles. The monoisotopic (exact) mass is 199 g/mol. The van der Waals surface area contributed by atoms with Gasteiger partial charge in [-0.3, -0.25) is 0 Å². The Balaban J connectivity index is 0.000000292. The third-order valence-corrected chi connectivity index (χ3v) is 2.28. The Labute approximate surface area is 88.6 Å². The molecule has 2 atom stereocenters. The lowest BCUT2D eigenvalue weighted by molar-refractivity contribution is 0.536. The minimum Gasteiger partial charge on any atom is -0.384 e. The number of hydrogen-bond acceptors (Lipinski definition) is 3. The average Bonchev–Trinajstić information content (AvgIpc) is 2.53. The van der Waals surface area contributed by atoms with E-state index in [1.54, 1.807) is 6.20 Å². The van der Waals surface area contributed by atoms with Gasteiger partial charge in [0.1, 0.15) is 0 Å². The maximum atomic E-state index is 3.49. The van der Waals surface area contributed by atoms with Crippen molar-refractivity contribution in [2.45, 2.75) is 31.8 Å². The van der Waals surface area contributed by atoms with Crippen LogP contribution in [-0.2, 0) is 0 Å². The smallest absolute Gasteiger partial charge is 0.0195 e. The van der Waals surface area contributed by atoms with E-state index in [-0.39, 0.29) is 0 Å². The normalized spacial score (nSPS) is 25.1. The fraction of sp³-hybridized carbons (Fsp3) is 0.818. The highest BCUT2D eigenvalue weighted by molar-refractivity contribution is 4.81. The molecular formula is C11H25N3. The molecule has 84 valence electrons. The van der Waals surface area contributed by atoms with E-state index < -0.39 is 0 Å². The first-order valence-corrected chi connectivity index (χ1v) is 5.29. The van der Waals surface area contributed by atoms with Crippen molar-refractivity contribution in [1.29, 1.82) is 0 Å². The van der Waals surface area contributed by atoms with Crippen molar-refractivity contribution in [3.8, 4) is 0 Å². The van der Waals surface area contributed by atoms with Gasteiger partial charge < -0.3 is 15.5 Å². The molecule has 0 saturated carbocycles. The van der Waals surface area contributed by atoms with Crippen LogP contribution < -0.4 is 10.6 Å². The molecule has 2 N–H and O–H groups in total. The van der Waals surface area contributed by atoms with E-state index in [1.807, 2.05) is 26.0 Å². The van der Waals surface area contributed by atoms with Gasteiger partial charge in [-0.25, -0.2) is 0 Å². The highest BCUT2D eigenvalue weighted by Gasteiger charge is 2.18. The molecule has 0 amide bonds. The quantitative estimate of drug-likeness (QED) is 0.711. The number of hydrogen-bond donors (Lipinski definition) is 2. The SMILES string of the molecule is C=CN(C)C.CNCC1CCC(C)N1. The Morgan fingerprint density at radius 3 is 2.36 bits per heavy atom. The Morgan fingerprint density at radius 1 is 1.50 bits per heavy atom. The standard InChI is InChI=1S/C7H16N2.C4H9N/c1-6-3-4-7(9-6)5-8-2;1-4-5(2)3/h6-9H,3-5H2,1-2H3;4H,1H2,2-3H3. The second-order valence-corrected chi connectivity index (χ2v) is 4.05. The van der Waals surface area contributed by atoms with Gasteiger partial charge in [-0.2, -0.15) is 0 Å². The molecule has 0 aliphatic carbocycles. The van der Waals surface area contributed by atoms with Crippen LogP contribution in [0.2, 0.25) is 0 Å². The lowest BCUT2D eigenvalue weighted by Crippen LogP contribution is -2.34. The molecule has 3 nitrogen and oxygen atoms in total. The number of likely N-dealkylation sites (N-methyl/N-ethyl adjacent to an activating group) is 1. The van der Waals surface area contributed by atoms with E-state index in [9.17, 15) is 0 Å². The van der Waals surface area contributed by atoms with Gasteiger partial charge in [0, 0.05) is 32.7 Å². The maximum absolute atomic E-state index is 3.49. The summed E-state index contributed by atoms with van der Waals surface area (Å²) in [7, 11) is 5.88. The van der Waals surface area contributed by atoms with Crippen molar-refractivity contribution in [1.82, 2.24) is 15.5 Å². The van der Waals surface area contributed by atoms with Gasteiger partial charge in [-0.15, -0.1) is 0 Å². The third kappa shape index (κ3) is 6.92. The lowest BCUT2D eigenvalue weighted by atomic mass is 10.2. The second-order valence-electron chi connectivity index (χ2n) is 4.05. The maximum Gasteiger partial charge on any atom is 0.0195 e. The molecule has 1 rings (SSSR count).